The number of halogens is 1. The third-order valence-corrected chi connectivity index (χ3v) is 4.47. The third kappa shape index (κ3) is 5.50. The molecule has 0 bridgehead atoms. The molecule has 0 unspecified atom stereocenters. The summed E-state index contributed by atoms with van der Waals surface area (Å²) >= 11 is 7.16. The van der Waals surface area contributed by atoms with Gasteiger partial charge in [0.05, 0.1) is 21.8 Å². The average Bonchev–Trinajstić information content (AvgIpc) is 3.02. The predicted molar refractivity (Wildman–Crippen MR) is 108 cm³/mol. The van der Waals surface area contributed by atoms with Gasteiger partial charge in [-0.25, -0.2) is 15.0 Å². The first kappa shape index (κ1) is 19.8. The molecule has 2 heterocycles. The number of benzene rings is 1. The molecule has 3 aromatic rings. The van der Waals surface area contributed by atoms with Gasteiger partial charge in [-0.1, -0.05) is 35.1 Å². The van der Waals surface area contributed by atoms with Crippen LogP contribution in [0.25, 0.3) is 0 Å². The van der Waals surface area contributed by atoms with Crippen LogP contribution in [0.3, 0.4) is 0 Å². The molecule has 8 heteroatoms. The van der Waals surface area contributed by atoms with Crippen molar-refractivity contribution < 1.29 is 4.79 Å². The molecule has 2 aromatic heterocycles. The molecule has 0 radical (unpaired) electrons. The minimum Gasteiger partial charge on any atom is -0.387 e. The summed E-state index contributed by atoms with van der Waals surface area (Å²) in [6.07, 6.45) is 2.31. The van der Waals surface area contributed by atoms with Gasteiger partial charge in [0.2, 0.25) is 0 Å². The van der Waals surface area contributed by atoms with Crippen molar-refractivity contribution in [2.45, 2.75) is 20.8 Å². The number of carbonyl (C=O) groups excluding carboxylic acids is 1. The van der Waals surface area contributed by atoms with E-state index in [1.165, 1.54) is 23.1 Å². The van der Waals surface area contributed by atoms with E-state index in [9.17, 15) is 4.79 Å². The highest BCUT2D eigenvalue weighted by atomic mass is 35.5. The van der Waals surface area contributed by atoms with Crippen LogP contribution in [0.5, 0.6) is 0 Å². The first-order chi connectivity index (χ1) is 12.4. The van der Waals surface area contributed by atoms with Gasteiger partial charge in [-0.05, 0) is 32.4 Å². The number of hydrogen-bond acceptors (Lipinski definition) is 7. The van der Waals surface area contributed by atoms with Crippen molar-refractivity contribution >= 4 is 45.9 Å². The minimum atomic E-state index is 0.588. The van der Waals surface area contributed by atoms with Crippen LogP contribution in [-0.2, 0) is 0 Å². The lowest BCUT2D eigenvalue weighted by Crippen LogP contribution is -1.98. The van der Waals surface area contributed by atoms with Gasteiger partial charge in [0.1, 0.15) is 11.6 Å². The van der Waals surface area contributed by atoms with Crippen LogP contribution in [0.1, 0.15) is 26.8 Å². The fourth-order valence-corrected chi connectivity index (χ4v) is 3.19. The lowest BCUT2D eigenvalue weighted by Gasteiger charge is -2.05. The summed E-state index contributed by atoms with van der Waals surface area (Å²) < 4.78 is 0. The second-order valence-electron chi connectivity index (χ2n) is 5.43. The first-order valence-electron chi connectivity index (χ1n) is 7.86. The van der Waals surface area contributed by atoms with Gasteiger partial charge in [0.15, 0.2) is 11.4 Å². The molecule has 6 nitrogen and oxygen atoms in total. The van der Waals surface area contributed by atoms with Crippen molar-refractivity contribution in [3.8, 4) is 0 Å². The molecule has 0 saturated carbocycles. The van der Waals surface area contributed by atoms with E-state index in [1.54, 1.807) is 0 Å². The highest BCUT2D eigenvalue weighted by Crippen LogP contribution is 2.24. The molecule has 0 saturated heterocycles. The van der Waals surface area contributed by atoms with Crippen molar-refractivity contribution in [2.75, 3.05) is 17.7 Å². The van der Waals surface area contributed by atoms with E-state index in [0.717, 1.165) is 22.7 Å². The molecular weight excluding hydrogens is 370 g/mol. The van der Waals surface area contributed by atoms with Crippen LogP contribution in [0.15, 0.2) is 30.5 Å². The summed E-state index contributed by atoms with van der Waals surface area (Å²) in [4.78, 5) is 23.5. The molecule has 136 valence electrons. The minimum absolute atomic E-state index is 0.588. The second kappa shape index (κ2) is 9.26. The zero-order valence-electron chi connectivity index (χ0n) is 15.0. The maximum atomic E-state index is 10.5. The molecule has 0 amide bonds. The van der Waals surface area contributed by atoms with E-state index < -0.39 is 0 Å². The molecule has 0 fully saturated rings. The Hall–Kier alpha value is -2.51. The third-order valence-electron chi connectivity index (χ3n) is 3.31. The van der Waals surface area contributed by atoms with Gasteiger partial charge in [0, 0.05) is 18.8 Å². The molecular formula is C18H20ClN5OS. The summed E-state index contributed by atoms with van der Waals surface area (Å²) in [5.74, 6) is 1.39. The van der Waals surface area contributed by atoms with Gasteiger partial charge >= 0.3 is 0 Å². The number of carbonyl (C=O) groups is 1. The Balaban J connectivity index is 0.000000209. The molecule has 26 heavy (non-hydrogen) atoms. The second-order valence-corrected chi connectivity index (χ2v) is 6.90. The van der Waals surface area contributed by atoms with E-state index in [0.29, 0.717) is 21.7 Å². The predicted octanol–water partition coefficient (Wildman–Crippen LogP) is 4.80. The summed E-state index contributed by atoms with van der Waals surface area (Å²) in [5.41, 5.74) is 3.08. The van der Waals surface area contributed by atoms with E-state index in [1.807, 2.05) is 52.1 Å². The number of nitrogens with one attached hydrogen (secondary N) is 2. The van der Waals surface area contributed by atoms with Gasteiger partial charge < -0.3 is 10.6 Å². The van der Waals surface area contributed by atoms with Crippen molar-refractivity contribution in [2.24, 2.45) is 0 Å². The number of rotatable bonds is 4. The number of nitrogens with zero attached hydrogens (tertiary/aromatic N) is 3. The summed E-state index contributed by atoms with van der Waals surface area (Å²) in [6.45, 7) is 5.76. The first-order valence-corrected chi connectivity index (χ1v) is 9.05. The number of hydrogen-bond donors (Lipinski definition) is 2. The van der Waals surface area contributed by atoms with Gasteiger partial charge in [-0.2, -0.15) is 0 Å². The van der Waals surface area contributed by atoms with Crippen LogP contribution in [0.2, 0.25) is 5.02 Å². The Labute approximate surface area is 161 Å². The van der Waals surface area contributed by atoms with Crippen molar-refractivity contribution in [1.82, 2.24) is 15.0 Å². The van der Waals surface area contributed by atoms with Gasteiger partial charge in [-0.3, -0.25) is 4.79 Å². The summed E-state index contributed by atoms with van der Waals surface area (Å²) in [7, 11) is 1.87. The quantitative estimate of drug-likeness (QED) is 0.624. The molecule has 0 aliphatic heterocycles. The van der Waals surface area contributed by atoms with E-state index in [4.69, 9.17) is 11.6 Å². The number of anilines is 3. The normalized spacial score (nSPS) is 9.88. The van der Waals surface area contributed by atoms with Crippen LogP contribution in [-0.4, -0.2) is 28.3 Å². The van der Waals surface area contributed by atoms with Crippen molar-refractivity contribution in [3.63, 3.8) is 0 Å². The standard InChI is InChI=1S/C10H10N4OS.C8H10ClN/c1-6-3-9(13-7(2)12-6)14-10-11-4-8(5-15)16-10;1-6-4-3-5-7(9)8(6)10-2/h3-5H,1-2H3,(H,11,12,13,14);3-5,10H,1-2H3. The van der Waals surface area contributed by atoms with Crippen LogP contribution >= 0.6 is 22.9 Å². The van der Waals surface area contributed by atoms with Gasteiger partial charge in [0.25, 0.3) is 0 Å². The topological polar surface area (TPSA) is 79.8 Å². The van der Waals surface area contributed by atoms with E-state index >= 15 is 0 Å². The summed E-state index contributed by atoms with van der Waals surface area (Å²) in [5, 5.41) is 7.50. The molecule has 2 N–H and O–H groups in total. The fraction of sp³-hybridized carbons (Fsp3) is 0.222. The Morgan fingerprint density at radius 2 is 1.96 bits per heavy atom. The molecule has 0 atom stereocenters. The Bertz CT molecular complexity index is 857. The molecule has 0 spiro atoms. The monoisotopic (exact) mass is 389 g/mol. The summed E-state index contributed by atoms with van der Waals surface area (Å²) in [6, 6.07) is 7.67. The molecule has 0 aliphatic rings. The molecule has 1 aromatic carbocycles. The lowest BCUT2D eigenvalue weighted by atomic mass is 10.2. The number of para-hydroxylation sites is 1. The van der Waals surface area contributed by atoms with Gasteiger partial charge in [-0.15, -0.1) is 0 Å². The largest absolute Gasteiger partial charge is 0.387 e. The fourth-order valence-electron chi connectivity index (χ4n) is 2.24. The molecule has 3 rings (SSSR count). The lowest BCUT2D eigenvalue weighted by molar-refractivity contribution is 0.112. The Morgan fingerprint density at radius 3 is 2.50 bits per heavy atom. The number of aldehydes is 1. The highest BCUT2D eigenvalue weighted by molar-refractivity contribution is 7.17. The smallest absolute Gasteiger partial charge is 0.188 e. The number of thiazole rings is 1. The van der Waals surface area contributed by atoms with E-state index in [2.05, 4.69) is 25.6 Å². The maximum Gasteiger partial charge on any atom is 0.188 e. The zero-order valence-corrected chi connectivity index (χ0v) is 16.6. The van der Waals surface area contributed by atoms with E-state index in [-0.39, 0.29) is 0 Å². The maximum absolute atomic E-state index is 10.5. The van der Waals surface area contributed by atoms with Crippen molar-refractivity contribution in [3.05, 3.63) is 57.4 Å². The average molecular weight is 390 g/mol. The van der Waals surface area contributed by atoms with Crippen LogP contribution < -0.4 is 10.6 Å². The molecule has 0 aliphatic carbocycles. The highest BCUT2D eigenvalue weighted by Gasteiger charge is 2.03. The van der Waals surface area contributed by atoms with Crippen LogP contribution in [0, 0.1) is 20.8 Å². The zero-order chi connectivity index (χ0) is 19.1. The van der Waals surface area contributed by atoms with Crippen molar-refractivity contribution in [1.29, 1.82) is 0 Å². The number of aryl methyl sites for hydroxylation is 3. The van der Waals surface area contributed by atoms with Crippen LogP contribution in [0.4, 0.5) is 16.6 Å². The Kier molecular flexibility index (Phi) is 7.06. The number of aromatic nitrogens is 3. The SMILES string of the molecule is CNc1c(C)cccc1Cl.Cc1cc(Nc2ncc(C=O)s2)nc(C)n1. The Morgan fingerprint density at radius 1 is 1.19 bits per heavy atom.